The lowest BCUT2D eigenvalue weighted by atomic mass is 9.44. The van der Waals surface area contributed by atoms with Crippen LogP contribution in [0, 0.1) is 40.4 Å². The third kappa shape index (κ3) is 3.52. The number of methoxy groups -OCH3 is 1. The van der Waals surface area contributed by atoms with Gasteiger partial charge in [-0.05, 0) is 99.2 Å². The molecule has 0 aromatic heterocycles. The molecular weight excluding hydrogens is 390 g/mol. The minimum Gasteiger partial charge on any atom is -0.393 e. The van der Waals surface area contributed by atoms with E-state index in [1.54, 1.807) is 0 Å². The third-order valence-corrected chi connectivity index (χ3v) is 10.6. The first-order chi connectivity index (χ1) is 14.9. The second kappa shape index (κ2) is 8.35. The van der Waals surface area contributed by atoms with Crippen LogP contribution in [-0.2, 0) is 9.53 Å². The molecule has 9 atom stereocenters. The zero-order valence-corrected chi connectivity index (χ0v) is 19.7. The standard InChI is InChI=1S/C25H43N3O3/c1-16-13-26-27-28(16)14-23(30)22-7-6-20-19-5-4-17-12-18(29)8-11-25(17,15-31-3)21(19)9-10-24(20,22)2/h16-22,26-27,29H,4-15H2,1-3H3/t16?,17-,18+,19-,20-,21?,22+,24-,25+/m0/s1. The molecular formula is C25H43N3O3. The summed E-state index contributed by atoms with van der Waals surface area (Å²) in [5, 5.41) is 12.4. The summed E-state index contributed by atoms with van der Waals surface area (Å²) in [5.74, 6) is 3.35. The Kier molecular flexibility index (Phi) is 6.00. The lowest BCUT2D eigenvalue weighted by Gasteiger charge is -2.61. The summed E-state index contributed by atoms with van der Waals surface area (Å²) in [5.41, 5.74) is 6.74. The maximum Gasteiger partial charge on any atom is 0.151 e. The number of hydrazine groups is 2. The van der Waals surface area contributed by atoms with Crippen molar-refractivity contribution in [2.45, 2.75) is 83.8 Å². The maximum absolute atomic E-state index is 13.4. The van der Waals surface area contributed by atoms with Crippen LogP contribution in [0.3, 0.4) is 0 Å². The summed E-state index contributed by atoms with van der Waals surface area (Å²) in [7, 11) is 1.86. The normalized spacial score (nSPS) is 50.0. The van der Waals surface area contributed by atoms with Gasteiger partial charge in [0.15, 0.2) is 5.78 Å². The lowest BCUT2D eigenvalue weighted by Crippen LogP contribution is -2.57. The van der Waals surface area contributed by atoms with Crippen LogP contribution in [0.5, 0.6) is 0 Å². The summed E-state index contributed by atoms with van der Waals surface area (Å²) in [4.78, 5) is 13.4. The summed E-state index contributed by atoms with van der Waals surface area (Å²) >= 11 is 0. The highest BCUT2D eigenvalue weighted by atomic mass is 16.5. The molecule has 0 bridgehead atoms. The van der Waals surface area contributed by atoms with Crippen molar-refractivity contribution in [1.82, 2.24) is 16.0 Å². The van der Waals surface area contributed by atoms with Gasteiger partial charge in [-0.1, -0.05) is 6.92 Å². The van der Waals surface area contributed by atoms with Gasteiger partial charge in [0.1, 0.15) is 0 Å². The van der Waals surface area contributed by atoms with Crippen molar-refractivity contribution in [3.8, 4) is 0 Å². The Morgan fingerprint density at radius 2 is 1.97 bits per heavy atom. The van der Waals surface area contributed by atoms with E-state index in [2.05, 4.69) is 29.8 Å². The van der Waals surface area contributed by atoms with Crippen molar-refractivity contribution in [2.24, 2.45) is 40.4 Å². The predicted molar refractivity (Wildman–Crippen MR) is 120 cm³/mol. The Morgan fingerprint density at radius 3 is 2.71 bits per heavy atom. The molecule has 2 unspecified atom stereocenters. The number of Topliss-reactive ketones (excluding diaryl/α,β-unsaturated/α-hetero) is 1. The van der Waals surface area contributed by atoms with E-state index < -0.39 is 0 Å². The molecule has 6 nitrogen and oxygen atoms in total. The Hall–Kier alpha value is -0.530. The van der Waals surface area contributed by atoms with Gasteiger partial charge in [-0.15, -0.1) is 0 Å². The molecule has 176 valence electrons. The maximum atomic E-state index is 13.4. The van der Waals surface area contributed by atoms with E-state index in [-0.39, 0.29) is 22.9 Å². The van der Waals surface area contributed by atoms with E-state index in [9.17, 15) is 9.90 Å². The van der Waals surface area contributed by atoms with Crippen molar-refractivity contribution in [1.29, 1.82) is 0 Å². The highest BCUT2D eigenvalue weighted by Gasteiger charge is 2.62. The second-order valence-corrected chi connectivity index (χ2v) is 11.9. The number of aliphatic hydroxyl groups excluding tert-OH is 1. The van der Waals surface area contributed by atoms with Gasteiger partial charge in [-0.3, -0.25) is 4.79 Å². The SMILES string of the molecule is COC[C@]12CC[C@@H](O)C[C@@H]1CC[C@@H]1C2CC[C@]2(C)[C@@H](C(=O)CN3NNCC3C)CC[C@@H]12. The van der Waals surface area contributed by atoms with Crippen LogP contribution in [0.2, 0.25) is 0 Å². The monoisotopic (exact) mass is 433 g/mol. The van der Waals surface area contributed by atoms with Gasteiger partial charge in [0, 0.05) is 25.6 Å². The van der Waals surface area contributed by atoms with Gasteiger partial charge in [0.2, 0.25) is 0 Å². The Bertz CT molecular complexity index is 689. The minimum absolute atomic E-state index is 0.120. The largest absolute Gasteiger partial charge is 0.393 e. The van der Waals surface area contributed by atoms with Gasteiger partial charge < -0.3 is 9.84 Å². The van der Waals surface area contributed by atoms with Crippen LogP contribution >= 0.6 is 0 Å². The average molecular weight is 434 g/mol. The van der Waals surface area contributed by atoms with Gasteiger partial charge in [0.25, 0.3) is 0 Å². The zero-order chi connectivity index (χ0) is 21.8. The smallest absolute Gasteiger partial charge is 0.151 e. The number of aliphatic hydroxyl groups is 1. The Morgan fingerprint density at radius 1 is 1.13 bits per heavy atom. The predicted octanol–water partition coefficient (Wildman–Crippen LogP) is 2.92. The average Bonchev–Trinajstić information content (AvgIpc) is 3.31. The fourth-order valence-electron chi connectivity index (χ4n) is 9.09. The number of carbonyl (C=O) groups is 1. The van der Waals surface area contributed by atoms with Gasteiger partial charge >= 0.3 is 0 Å². The van der Waals surface area contributed by atoms with Gasteiger partial charge in [-0.2, -0.15) is 5.53 Å². The van der Waals surface area contributed by atoms with Crippen LogP contribution in [0.15, 0.2) is 0 Å². The van der Waals surface area contributed by atoms with Crippen LogP contribution in [0.25, 0.3) is 0 Å². The number of hydrogen-bond donors (Lipinski definition) is 3. The molecule has 0 aromatic rings. The Labute approximate surface area is 187 Å². The van der Waals surface area contributed by atoms with Crippen LogP contribution in [0.1, 0.15) is 71.6 Å². The first kappa shape index (κ1) is 22.3. The first-order valence-corrected chi connectivity index (χ1v) is 12.8. The number of hydrogen-bond acceptors (Lipinski definition) is 6. The lowest BCUT2D eigenvalue weighted by molar-refractivity contribution is -0.161. The molecule has 0 aromatic carbocycles. The number of nitrogens with zero attached hydrogens (tertiary/aromatic N) is 1. The molecule has 4 saturated carbocycles. The number of nitrogens with one attached hydrogen (secondary N) is 2. The van der Waals surface area contributed by atoms with Crippen LogP contribution in [0.4, 0.5) is 0 Å². The molecule has 1 aliphatic heterocycles. The number of ketones is 1. The molecule has 0 spiro atoms. The van der Waals surface area contributed by atoms with E-state index in [1.807, 2.05) is 7.11 Å². The molecule has 5 fully saturated rings. The van der Waals surface area contributed by atoms with Crippen molar-refractivity contribution in [3.63, 3.8) is 0 Å². The van der Waals surface area contributed by atoms with Crippen molar-refractivity contribution in [2.75, 3.05) is 26.8 Å². The van der Waals surface area contributed by atoms with Crippen molar-refractivity contribution < 1.29 is 14.6 Å². The number of ether oxygens (including phenoxy) is 1. The molecule has 0 amide bonds. The molecule has 5 aliphatic rings. The summed E-state index contributed by atoms with van der Waals surface area (Å²) in [6.07, 6.45) is 10.1. The summed E-state index contributed by atoms with van der Waals surface area (Å²) in [6, 6.07) is 0.357. The second-order valence-electron chi connectivity index (χ2n) is 11.9. The number of rotatable bonds is 5. The summed E-state index contributed by atoms with van der Waals surface area (Å²) in [6.45, 7) is 6.87. The third-order valence-electron chi connectivity index (χ3n) is 10.6. The first-order valence-electron chi connectivity index (χ1n) is 12.8. The molecule has 1 saturated heterocycles. The van der Waals surface area contributed by atoms with Crippen molar-refractivity contribution in [3.05, 3.63) is 0 Å². The Balaban J connectivity index is 1.35. The van der Waals surface area contributed by atoms with Crippen LogP contribution < -0.4 is 11.0 Å². The summed E-state index contributed by atoms with van der Waals surface area (Å²) < 4.78 is 5.85. The van der Waals surface area contributed by atoms with E-state index >= 15 is 0 Å². The number of carbonyl (C=O) groups excluding carboxylic acids is 1. The molecule has 4 aliphatic carbocycles. The molecule has 3 N–H and O–H groups in total. The fraction of sp³-hybridized carbons (Fsp3) is 0.960. The van der Waals surface area contributed by atoms with Gasteiger partial charge in [-0.25, -0.2) is 10.4 Å². The fourth-order valence-corrected chi connectivity index (χ4v) is 9.09. The molecule has 0 radical (unpaired) electrons. The van der Waals surface area contributed by atoms with E-state index in [0.717, 1.165) is 44.8 Å². The van der Waals surface area contributed by atoms with Crippen LogP contribution in [-0.4, -0.2) is 54.9 Å². The number of fused-ring (bicyclic) bond motifs is 5. The minimum atomic E-state index is -0.120. The van der Waals surface area contributed by atoms with Crippen molar-refractivity contribution >= 4 is 5.78 Å². The quantitative estimate of drug-likeness (QED) is 0.619. The highest BCUT2D eigenvalue weighted by Crippen LogP contribution is 2.67. The molecule has 5 rings (SSSR count). The van der Waals surface area contributed by atoms with Gasteiger partial charge in [0.05, 0.1) is 19.3 Å². The molecule has 1 heterocycles. The molecule has 31 heavy (non-hydrogen) atoms. The zero-order valence-electron chi connectivity index (χ0n) is 19.7. The van der Waals surface area contributed by atoms with E-state index in [1.165, 1.54) is 32.1 Å². The topological polar surface area (TPSA) is 73.8 Å². The van der Waals surface area contributed by atoms with E-state index in [0.29, 0.717) is 36.1 Å². The van der Waals surface area contributed by atoms with E-state index in [4.69, 9.17) is 4.74 Å². The molecule has 6 heteroatoms. The highest BCUT2D eigenvalue weighted by molar-refractivity contribution is 5.84.